The molecule has 0 bridgehead atoms. The lowest BCUT2D eigenvalue weighted by molar-refractivity contribution is -0.137. The van der Waals surface area contributed by atoms with E-state index in [0.717, 1.165) is 16.9 Å². The predicted octanol–water partition coefficient (Wildman–Crippen LogP) is 3.61. The first-order chi connectivity index (χ1) is 12.5. The zero-order valence-corrected chi connectivity index (χ0v) is 14.9. The van der Waals surface area contributed by atoms with Gasteiger partial charge in [0.2, 0.25) is 5.91 Å². The number of carboxylic acid groups (broad SMARTS) is 1. The zero-order chi connectivity index (χ0) is 18.5. The van der Waals surface area contributed by atoms with Gasteiger partial charge in [-0.05, 0) is 42.2 Å². The Kier molecular flexibility index (Phi) is 5.78. The fourth-order valence-corrected chi connectivity index (χ4v) is 3.29. The van der Waals surface area contributed by atoms with E-state index in [9.17, 15) is 9.59 Å². The maximum absolute atomic E-state index is 12.7. The molecule has 26 heavy (non-hydrogen) atoms. The summed E-state index contributed by atoms with van der Waals surface area (Å²) >= 11 is 6.03. The number of halogens is 1. The molecule has 0 spiro atoms. The molecule has 1 amide bonds. The second kappa shape index (κ2) is 8.23. The van der Waals surface area contributed by atoms with E-state index in [-0.39, 0.29) is 24.3 Å². The monoisotopic (exact) mass is 373 g/mol. The van der Waals surface area contributed by atoms with Gasteiger partial charge in [0.25, 0.3) is 0 Å². The summed E-state index contributed by atoms with van der Waals surface area (Å²) in [6.45, 7) is 0.293. The molecule has 1 aliphatic rings. The summed E-state index contributed by atoms with van der Waals surface area (Å²) in [7, 11) is 0. The van der Waals surface area contributed by atoms with E-state index >= 15 is 0 Å². The van der Waals surface area contributed by atoms with E-state index in [2.05, 4.69) is 5.32 Å². The third kappa shape index (κ3) is 4.55. The van der Waals surface area contributed by atoms with Crippen molar-refractivity contribution in [2.24, 2.45) is 5.92 Å². The molecule has 0 fully saturated rings. The van der Waals surface area contributed by atoms with Gasteiger partial charge in [0, 0.05) is 11.4 Å². The number of amides is 1. The van der Waals surface area contributed by atoms with Gasteiger partial charge in [0.05, 0.1) is 12.0 Å². The van der Waals surface area contributed by atoms with E-state index < -0.39 is 5.97 Å². The predicted molar refractivity (Wildman–Crippen MR) is 98.3 cm³/mol. The summed E-state index contributed by atoms with van der Waals surface area (Å²) in [5.74, 6) is -0.611. The van der Waals surface area contributed by atoms with Crippen LogP contribution >= 0.6 is 11.6 Å². The molecule has 0 aliphatic carbocycles. The van der Waals surface area contributed by atoms with Gasteiger partial charge in [-0.1, -0.05) is 41.9 Å². The first-order valence-electron chi connectivity index (χ1n) is 8.51. The van der Waals surface area contributed by atoms with Crippen LogP contribution in [-0.2, 0) is 16.0 Å². The maximum Gasteiger partial charge on any atom is 0.303 e. The molecule has 2 N–H and O–H groups in total. The van der Waals surface area contributed by atoms with Crippen LogP contribution in [0.15, 0.2) is 48.5 Å². The van der Waals surface area contributed by atoms with Gasteiger partial charge in [0.15, 0.2) is 0 Å². The van der Waals surface area contributed by atoms with Gasteiger partial charge in [0.1, 0.15) is 12.4 Å². The molecular weight excluding hydrogens is 354 g/mol. The standard InChI is InChI=1S/C20H20ClNO4/c21-16-6-8-18-14(11-16)10-15(12-26-18)20(25)22-17(7-9-19(23)24)13-4-2-1-3-5-13/h1-6,8,11,15,17H,7,9-10,12H2,(H,22,25)(H,23,24). The number of aliphatic carboxylic acids is 1. The van der Waals surface area contributed by atoms with Crippen molar-refractivity contribution < 1.29 is 19.4 Å². The summed E-state index contributed by atoms with van der Waals surface area (Å²) in [6, 6.07) is 14.4. The summed E-state index contributed by atoms with van der Waals surface area (Å²) in [5.41, 5.74) is 1.80. The Morgan fingerprint density at radius 1 is 1.23 bits per heavy atom. The van der Waals surface area contributed by atoms with Gasteiger partial charge in [-0.25, -0.2) is 0 Å². The lowest BCUT2D eigenvalue weighted by atomic mass is 9.94. The lowest BCUT2D eigenvalue weighted by Crippen LogP contribution is -2.39. The minimum atomic E-state index is -0.884. The van der Waals surface area contributed by atoms with E-state index in [1.54, 1.807) is 6.07 Å². The summed E-state index contributed by atoms with van der Waals surface area (Å²) in [6.07, 6.45) is 0.864. The van der Waals surface area contributed by atoms with Crippen LogP contribution < -0.4 is 10.1 Å². The highest BCUT2D eigenvalue weighted by Gasteiger charge is 2.28. The van der Waals surface area contributed by atoms with Crippen molar-refractivity contribution >= 4 is 23.5 Å². The summed E-state index contributed by atoms with van der Waals surface area (Å²) < 4.78 is 5.68. The number of nitrogens with one attached hydrogen (secondary N) is 1. The van der Waals surface area contributed by atoms with Gasteiger partial charge < -0.3 is 15.2 Å². The van der Waals surface area contributed by atoms with Crippen LogP contribution in [0.5, 0.6) is 5.75 Å². The van der Waals surface area contributed by atoms with Crippen molar-refractivity contribution in [1.82, 2.24) is 5.32 Å². The second-order valence-corrected chi connectivity index (χ2v) is 6.80. The van der Waals surface area contributed by atoms with Crippen LogP contribution in [0.2, 0.25) is 5.02 Å². The molecule has 0 aromatic heterocycles. The quantitative estimate of drug-likeness (QED) is 0.811. The summed E-state index contributed by atoms with van der Waals surface area (Å²) in [4.78, 5) is 23.7. The number of carbonyl (C=O) groups excluding carboxylic acids is 1. The minimum absolute atomic E-state index is 0.0144. The first kappa shape index (κ1) is 18.3. The van der Waals surface area contributed by atoms with Crippen LogP contribution in [0, 0.1) is 5.92 Å². The molecule has 3 rings (SSSR count). The average Bonchev–Trinajstić information content (AvgIpc) is 2.64. The smallest absolute Gasteiger partial charge is 0.303 e. The molecule has 0 radical (unpaired) electrons. The fraction of sp³-hybridized carbons (Fsp3) is 0.300. The number of hydrogen-bond acceptors (Lipinski definition) is 3. The molecular formula is C20H20ClNO4. The molecule has 136 valence electrons. The first-order valence-corrected chi connectivity index (χ1v) is 8.89. The van der Waals surface area contributed by atoms with E-state index in [1.165, 1.54) is 0 Å². The van der Waals surface area contributed by atoms with Gasteiger partial charge in [-0.2, -0.15) is 0 Å². The molecule has 2 aromatic carbocycles. The van der Waals surface area contributed by atoms with Crippen LogP contribution in [0.1, 0.15) is 30.0 Å². The highest BCUT2D eigenvalue weighted by atomic mass is 35.5. The van der Waals surface area contributed by atoms with Gasteiger partial charge in [-0.3, -0.25) is 9.59 Å². The number of carbonyl (C=O) groups is 2. The van der Waals surface area contributed by atoms with Crippen LogP contribution in [0.4, 0.5) is 0 Å². The molecule has 2 unspecified atom stereocenters. The molecule has 6 heteroatoms. The van der Waals surface area contributed by atoms with E-state index in [4.69, 9.17) is 21.4 Å². The van der Waals surface area contributed by atoms with Crippen molar-refractivity contribution in [3.63, 3.8) is 0 Å². The largest absolute Gasteiger partial charge is 0.492 e. The number of ether oxygens (including phenoxy) is 1. The normalized spacial score (nSPS) is 16.9. The number of carboxylic acids is 1. The maximum atomic E-state index is 12.7. The van der Waals surface area contributed by atoms with Crippen LogP contribution in [-0.4, -0.2) is 23.6 Å². The highest BCUT2D eigenvalue weighted by Crippen LogP contribution is 2.30. The van der Waals surface area contributed by atoms with Crippen molar-refractivity contribution in [2.75, 3.05) is 6.61 Å². The summed E-state index contributed by atoms with van der Waals surface area (Å²) in [5, 5.41) is 12.6. The molecule has 1 aliphatic heterocycles. The number of fused-ring (bicyclic) bond motifs is 1. The third-order valence-electron chi connectivity index (χ3n) is 4.46. The Labute approximate surface area is 156 Å². The van der Waals surface area contributed by atoms with Crippen molar-refractivity contribution in [2.45, 2.75) is 25.3 Å². The second-order valence-electron chi connectivity index (χ2n) is 6.37. The van der Waals surface area contributed by atoms with Crippen LogP contribution in [0.25, 0.3) is 0 Å². The molecule has 2 aromatic rings. The van der Waals surface area contributed by atoms with Crippen molar-refractivity contribution in [3.8, 4) is 5.75 Å². The molecule has 0 saturated heterocycles. The molecule has 5 nitrogen and oxygen atoms in total. The fourth-order valence-electron chi connectivity index (χ4n) is 3.10. The Morgan fingerprint density at radius 3 is 2.73 bits per heavy atom. The SMILES string of the molecule is O=C(O)CCC(NC(=O)C1COc2ccc(Cl)cc2C1)c1ccccc1. The lowest BCUT2D eigenvalue weighted by Gasteiger charge is -2.27. The topological polar surface area (TPSA) is 75.6 Å². The Bertz CT molecular complexity index is 794. The van der Waals surface area contributed by atoms with Crippen molar-refractivity contribution in [3.05, 3.63) is 64.7 Å². The highest BCUT2D eigenvalue weighted by molar-refractivity contribution is 6.30. The minimum Gasteiger partial charge on any atom is -0.492 e. The van der Waals surface area contributed by atoms with Gasteiger partial charge >= 0.3 is 5.97 Å². The molecule has 2 atom stereocenters. The average molecular weight is 374 g/mol. The molecule has 1 heterocycles. The number of rotatable bonds is 6. The van der Waals surface area contributed by atoms with Crippen molar-refractivity contribution in [1.29, 1.82) is 0 Å². The number of benzene rings is 2. The third-order valence-corrected chi connectivity index (χ3v) is 4.70. The Hall–Kier alpha value is -2.53. The van der Waals surface area contributed by atoms with E-state index in [1.807, 2.05) is 42.5 Å². The molecule has 0 saturated carbocycles. The van der Waals surface area contributed by atoms with Crippen LogP contribution in [0.3, 0.4) is 0 Å². The Morgan fingerprint density at radius 2 is 2.00 bits per heavy atom. The zero-order valence-electron chi connectivity index (χ0n) is 14.2. The van der Waals surface area contributed by atoms with E-state index in [0.29, 0.717) is 24.5 Å². The number of hydrogen-bond donors (Lipinski definition) is 2. The Balaban J connectivity index is 1.70. The van der Waals surface area contributed by atoms with Gasteiger partial charge in [-0.15, -0.1) is 0 Å².